The first-order valence-corrected chi connectivity index (χ1v) is 6.06. The summed E-state index contributed by atoms with van der Waals surface area (Å²) in [7, 11) is 0. The van der Waals surface area contributed by atoms with Crippen LogP contribution in [-0.2, 0) is 5.41 Å². The van der Waals surface area contributed by atoms with Crippen molar-refractivity contribution in [2.45, 2.75) is 58.4 Å². The smallest absolute Gasteiger partial charge is 0.263 e. The minimum Gasteiger partial charge on any atom is -0.349 e. The zero-order valence-corrected chi connectivity index (χ0v) is 10.6. The molecule has 0 radical (unpaired) electrons. The molecule has 1 aromatic heterocycles. The van der Waals surface area contributed by atoms with Crippen LogP contribution in [-0.4, -0.2) is 16.2 Å². The number of nitrogens with one attached hydrogen (secondary N) is 1. The fourth-order valence-electron chi connectivity index (χ4n) is 2.11. The summed E-state index contributed by atoms with van der Waals surface area (Å²) in [6.07, 6.45) is 3.71. The third-order valence-corrected chi connectivity index (χ3v) is 3.10. The summed E-state index contributed by atoms with van der Waals surface area (Å²) < 4.78 is 5.24. The van der Waals surface area contributed by atoms with Crippen LogP contribution in [0, 0.1) is 5.92 Å². The Balaban J connectivity index is 1.98. The third-order valence-electron chi connectivity index (χ3n) is 3.10. The first-order valence-electron chi connectivity index (χ1n) is 6.06. The molecule has 4 nitrogen and oxygen atoms in total. The van der Waals surface area contributed by atoms with Crippen molar-refractivity contribution < 1.29 is 4.52 Å². The van der Waals surface area contributed by atoms with Crippen molar-refractivity contribution in [3.05, 3.63) is 5.89 Å². The maximum absolute atomic E-state index is 5.24. The maximum atomic E-state index is 5.24. The van der Waals surface area contributed by atoms with Crippen molar-refractivity contribution in [1.82, 2.24) is 10.1 Å². The molecule has 0 spiro atoms. The zero-order valence-electron chi connectivity index (χ0n) is 10.6. The molecule has 1 aliphatic rings. The van der Waals surface area contributed by atoms with E-state index in [4.69, 9.17) is 4.52 Å². The van der Waals surface area contributed by atoms with Crippen LogP contribution in [0.1, 0.15) is 52.8 Å². The lowest BCUT2D eigenvalue weighted by atomic mass is 9.97. The van der Waals surface area contributed by atoms with Crippen LogP contribution in [0.4, 0.5) is 5.95 Å². The van der Waals surface area contributed by atoms with E-state index in [9.17, 15) is 0 Å². The predicted molar refractivity (Wildman–Crippen MR) is 63.4 cm³/mol. The van der Waals surface area contributed by atoms with Gasteiger partial charge >= 0.3 is 0 Å². The van der Waals surface area contributed by atoms with Crippen LogP contribution < -0.4 is 5.32 Å². The fourth-order valence-corrected chi connectivity index (χ4v) is 2.11. The van der Waals surface area contributed by atoms with Gasteiger partial charge in [0, 0.05) is 11.5 Å². The van der Waals surface area contributed by atoms with Gasteiger partial charge in [-0.15, -0.1) is 0 Å². The summed E-state index contributed by atoms with van der Waals surface area (Å²) in [5.41, 5.74) is -0.0735. The van der Waals surface area contributed by atoms with E-state index < -0.39 is 0 Å². The number of aromatic nitrogens is 2. The summed E-state index contributed by atoms with van der Waals surface area (Å²) in [5.74, 6) is 2.15. The highest BCUT2D eigenvalue weighted by molar-refractivity contribution is 5.25. The van der Waals surface area contributed by atoms with E-state index in [2.05, 4.69) is 43.2 Å². The molecule has 90 valence electrons. The van der Waals surface area contributed by atoms with E-state index in [1.165, 1.54) is 19.3 Å². The Bertz CT molecular complexity index is 353. The minimum absolute atomic E-state index is 0.0735. The van der Waals surface area contributed by atoms with Crippen molar-refractivity contribution >= 4 is 5.95 Å². The largest absolute Gasteiger partial charge is 0.349 e. The molecule has 2 rings (SSSR count). The van der Waals surface area contributed by atoms with Crippen molar-refractivity contribution in [2.75, 3.05) is 5.32 Å². The predicted octanol–water partition coefficient (Wildman–Crippen LogP) is 2.97. The Hall–Kier alpha value is -1.06. The van der Waals surface area contributed by atoms with Crippen molar-refractivity contribution in [1.29, 1.82) is 0 Å². The molecule has 2 atom stereocenters. The van der Waals surface area contributed by atoms with Gasteiger partial charge < -0.3 is 9.84 Å². The molecular formula is C12H21N3O. The zero-order chi connectivity index (χ0) is 11.8. The Morgan fingerprint density at radius 3 is 2.56 bits per heavy atom. The third kappa shape index (κ3) is 2.54. The van der Waals surface area contributed by atoms with Crippen LogP contribution in [0.3, 0.4) is 0 Å². The molecule has 4 heteroatoms. The van der Waals surface area contributed by atoms with E-state index in [0.717, 1.165) is 5.92 Å². The Kier molecular flexibility index (Phi) is 2.91. The standard InChI is InChI=1S/C12H21N3O/c1-8-5-6-9(7-8)13-11-14-10(16-15-11)12(2,3)4/h8-9H,5-7H2,1-4H3,(H,13,15). The maximum Gasteiger partial charge on any atom is 0.263 e. The van der Waals surface area contributed by atoms with Gasteiger partial charge in [-0.1, -0.05) is 27.7 Å². The van der Waals surface area contributed by atoms with E-state index >= 15 is 0 Å². The van der Waals surface area contributed by atoms with Gasteiger partial charge in [0.1, 0.15) is 0 Å². The molecule has 16 heavy (non-hydrogen) atoms. The van der Waals surface area contributed by atoms with E-state index in [-0.39, 0.29) is 5.41 Å². The number of rotatable bonds is 2. The summed E-state index contributed by atoms with van der Waals surface area (Å²) in [6, 6.07) is 0.514. The normalized spacial score (nSPS) is 26.0. The van der Waals surface area contributed by atoms with Gasteiger partial charge in [0.05, 0.1) is 0 Å². The molecule has 0 amide bonds. The molecule has 1 aliphatic carbocycles. The fraction of sp³-hybridized carbons (Fsp3) is 0.833. The van der Waals surface area contributed by atoms with Gasteiger partial charge in [0.15, 0.2) is 0 Å². The van der Waals surface area contributed by atoms with Gasteiger partial charge in [-0.2, -0.15) is 4.98 Å². The second-order valence-corrected chi connectivity index (χ2v) is 5.93. The second kappa shape index (κ2) is 4.07. The van der Waals surface area contributed by atoms with Crippen molar-refractivity contribution in [3.63, 3.8) is 0 Å². The molecule has 0 bridgehead atoms. The molecule has 0 saturated heterocycles. The van der Waals surface area contributed by atoms with Gasteiger partial charge in [-0.25, -0.2) is 0 Å². The topological polar surface area (TPSA) is 51.0 Å². The summed E-state index contributed by atoms with van der Waals surface area (Å²) >= 11 is 0. The SMILES string of the molecule is CC1CCC(Nc2noc(C(C)(C)C)n2)C1. The van der Waals surface area contributed by atoms with Crippen LogP contribution >= 0.6 is 0 Å². The molecule has 1 saturated carbocycles. The molecule has 2 unspecified atom stereocenters. The molecule has 0 aromatic carbocycles. The van der Waals surface area contributed by atoms with Gasteiger partial charge in [0.25, 0.3) is 5.95 Å². The molecule has 0 aliphatic heterocycles. The quantitative estimate of drug-likeness (QED) is 0.837. The Labute approximate surface area is 96.8 Å². The van der Waals surface area contributed by atoms with Crippen molar-refractivity contribution in [3.8, 4) is 0 Å². The number of hydrogen-bond acceptors (Lipinski definition) is 4. The highest BCUT2D eigenvalue weighted by Crippen LogP contribution is 2.27. The molecule has 1 heterocycles. The van der Waals surface area contributed by atoms with E-state index in [1.807, 2.05) is 0 Å². The molecule has 1 N–H and O–H groups in total. The average molecular weight is 223 g/mol. The minimum atomic E-state index is -0.0735. The summed E-state index contributed by atoms with van der Waals surface area (Å²) in [4.78, 5) is 4.38. The highest BCUT2D eigenvalue weighted by Gasteiger charge is 2.25. The number of nitrogens with zero attached hydrogens (tertiary/aromatic N) is 2. The van der Waals surface area contributed by atoms with Crippen molar-refractivity contribution in [2.24, 2.45) is 5.92 Å². The first-order chi connectivity index (χ1) is 7.45. The van der Waals surface area contributed by atoms with Crippen LogP contribution in [0.25, 0.3) is 0 Å². The molecule has 1 aromatic rings. The van der Waals surface area contributed by atoms with Gasteiger partial charge in [-0.05, 0) is 30.3 Å². The van der Waals surface area contributed by atoms with E-state index in [1.54, 1.807) is 0 Å². The Morgan fingerprint density at radius 1 is 1.31 bits per heavy atom. The number of anilines is 1. The average Bonchev–Trinajstić information content (AvgIpc) is 2.74. The Morgan fingerprint density at radius 2 is 2.06 bits per heavy atom. The monoisotopic (exact) mass is 223 g/mol. The van der Waals surface area contributed by atoms with Gasteiger partial charge in [-0.3, -0.25) is 0 Å². The lowest BCUT2D eigenvalue weighted by Crippen LogP contribution is -2.17. The first kappa shape index (κ1) is 11.4. The van der Waals surface area contributed by atoms with Gasteiger partial charge in [0.2, 0.25) is 5.89 Å². The summed E-state index contributed by atoms with van der Waals surface area (Å²) in [5, 5.41) is 7.32. The lowest BCUT2D eigenvalue weighted by Gasteiger charge is -2.11. The number of hydrogen-bond donors (Lipinski definition) is 1. The van der Waals surface area contributed by atoms with E-state index in [0.29, 0.717) is 17.9 Å². The summed E-state index contributed by atoms with van der Waals surface area (Å²) in [6.45, 7) is 8.50. The highest BCUT2D eigenvalue weighted by atomic mass is 16.5. The van der Waals surface area contributed by atoms with Crippen LogP contribution in [0.15, 0.2) is 4.52 Å². The molecular weight excluding hydrogens is 202 g/mol. The van der Waals surface area contributed by atoms with Crippen LogP contribution in [0.2, 0.25) is 0 Å². The van der Waals surface area contributed by atoms with Crippen LogP contribution in [0.5, 0.6) is 0 Å². The lowest BCUT2D eigenvalue weighted by molar-refractivity contribution is 0.321. The molecule has 1 fully saturated rings. The second-order valence-electron chi connectivity index (χ2n) is 5.93.